The molecule has 0 aromatic heterocycles. The van der Waals surface area contributed by atoms with Crippen molar-refractivity contribution < 1.29 is 27.1 Å². The lowest BCUT2D eigenvalue weighted by atomic mass is 9.81. The number of β-lactam (4-membered cyclic amide) rings is 1. The van der Waals surface area contributed by atoms with Gasteiger partial charge in [-0.25, -0.2) is 4.39 Å². The van der Waals surface area contributed by atoms with Crippen LogP contribution in [0, 0.1) is 0 Å². The molecule has 0 aliphatic carbocycles. The summed E-state index contributed by atoms with van der Waals surface area (Å²) in [6.45, 7) is 0. The summed E-state index contributed by atoms with van der Waals surface area (Å²) in [5.74, 6) is -1.23. The first-order valence-electron chi connectivity index (χ1n) is 5.01. The van der Waals surface area contributed by atoms with E-state index in [2.05, 4.69) is 0 Å². The molecule has 1 heterocycles. The van der Waals surface area contributed by atoms with Crippen molar-refractivity contribution in [3.05, 3.63) is 29.8 Å². The van der Waals surface area contributed by atoms with Gasteiger partial charge >= 0.3 is 11.8 Å². The molecular weight excluding hydrogens is 254 g/mol. The van der Waals surface area contributed by atoms with Crippen LogP contribution in [-0.2, 0) is 4.79 Å². The molecule has 1 N–H and O–H groups in total. The summed E-state index contributed by atoms with van der Waals surface area (Å²) in [4.78, 5) is 10.9. The van der Waals surface area contributed by atoms with E-state index in [0.29, 0.717) is 5.75 Å². The standard InChI is InChI=1S/C11H9F4NO2/c1-18-7-4-2-6(3-5-7)8-10(12,9(17)16-8)11(13,14)15/h2-5,8H,1H3,(H,16,17). The van der Waals surface area contributed by atoms with E-state index < -0.39 is 23.8 Å². The fourth-order valence-corrected chi connectivity index (χ4v) is 1.79. The molecule has 18 heavy (non-hydrogen) atoms. The zero-order chi connectivity index (χ0) is 13.6. The van der Waals surface area contributed by atoms with Gasteiger partial charge in [0.15, 0.2) is 0 Å². The quantitative estimate of drug-likeness (QED) is 0.655. The molecule has 1 fully saturated rings. The number of nitrogens with one attached hydrogen (secondary N) is 1. The van der Waals surface area contributed by atoms with Gasteiger partial charge in [0, 0.05) is 0 Å². The Morgan fingerprint density at radius 2 is 1.83 bits per heavy atom. The molecule has 1 aromatic carbocycles. The zero-order valence-corrected chi connectivity index (χ0v) is 9.22. The molecule has 1 amide bonds. The third kappa shape index (κ3) is 1.61. The van der Waals surface area contributed by atoms with E-state index in [0.717, 1.165) is 0 Å². The normalized spacial score (nSPS) is 27.4. The number of carbonyl (C=O) groups is 1. The van der Waals surface area contributed by atoms with Crippen LogP contribution in [-0.4, -0.2) is 24.9 Å². The predicted molar refractivity (Wildman–Crippen MR) is 53.8 cm³/mol. The van der Waals surface area contributed by atoms with Crippen LogP contribution in [0.15, 0.2) is 24.3 Å². The summed E-state index contributed by atoms with van der Waals surface area (Å²) in [6, 6.07) is 3.65. The minimum atomic E-state index is -5.24. The Hall–Kier alpha value is -1.79. The van der Waals surface area contributed by atoms with Gasteiger partial charge in [0.05, 0.1) is 7.11 Å². The number of amides is 1. The number of carbonyl (C=O) groups excluding carboxylic acids is 1. The number of benzene rings is 1. The van der Waals surface area contributed by atoms with Gasteiger partial charge in [-0.3, -0.25) is 4.79 Å². The molecule has 0 bridgehead atoms. The molecule has 2 unspecified atom stereocenters. The topological polar surface area (TPSA) is 38.3 Å². The van der Waals surface area contributed by atoms with E-state index >= 15 is 0 Å². The second-order valence-electron chi connectivity index (χ2n) is 3.89. The molecule has 1 saturated heterocycles. The molecule has 0 spiro atoms. The van der Waals surface area contributed by atoms with Crippen LogP contribution in [0.2, 0.25) is 0 Å². The summed E-state index contributed by atoms with van der Waals surface area (Å²) in [5.41, 5.74) is -3.82. The van der Waals surface area contributed by atoms with Gasteiger partial charge in [-0.05, 0) is 17.7 Å². The Labute approximate surface area is 99.7 Å². The van der Waals surface area contributed by atoms with E-state index in [1.165, 1.54) is 31.4 Å². The van der Waals surface area contributed by atoms with E-state index in [4.69, 9.17) is 4.74 Å². The summed E-state index contributed by atoms with van der Waals surface area (Å²) in [6.07, 6.45) is -5.24. The predicted octanol–water partition coefficient (Wildman–Crippen LogP) is 2.14. The van der Waals surface area contributed by atoms with Crippen molar-refractivity contribution in [2.45, 2.75) is 17.9 Å². The lowest BCUT2D eigenvalue weighted by Crippen LogP contribution is -2.70. The van der Waals surface area contributed by atoms with Crippen LogP contribution in [0.5, 0.6) is 5.75 Å². The Bertz CT molecular complexity index is 471. The molecule has 2 atom stereocenters. The molecule has 98 valence electrons. The van der Waals surface area contributed by atoms with Crippen molar-refractivity contribution in [3.63, 3.8) is 0 Å². The van der Waals surface area contributed by atoms with Crippen molar-refractivity contribution in [2.75, 3.05) is 7.11 Å². The van der Waals surface area contributed by atoms with Crippen LogP contribution in [0.3, 0.4) is 0 Å². The smallest absolute Gasteiger partial charge is 0.434 e. The molecule has 2 rings (SSSR count). The average molecular weight is 263 g/mol. The van der Waals surface area contributed by atoms with Gasteiger partial charge in [0.2, 0.25) is 0 Å². The van der Waals surface area contributed by atoms with Gasteiger partial charge in [-0.1, -0.05) is 12.1 Å². The van der Waals surface area contributed by atoms with Crippen molar-refractivity contribution in [1.82, 2.24) is 5.32 Å². The maximum atomic E-state index is 13.8. The van der Waals surface area contributed by atoms with E-state index in [9.17, 15) is 22.4 Å². The zero-order valence-electron chi connectivity index (χ0n) is 9.22. The maximum Gasteiger partial charge on any atom is 0.434 e. The number of rotatable bonds is 2. The molecular formula is C11H9F4NO2. The molecule has 1 aliphatic rings. The molecule has 7 heteroatoms. The van der Waals surface area contributed by atoms with Crippen molar-refractivity contribution in [1.29, 1.82) is 0 Å². The van der Waals surface area contributed by atoms with Gasteiger partial charge < -0.3 is 10.1 Å². The summed E-state index contributed by atoms with van der Waals surface area (Å²) >= 11 is 0. The van der Waals surface area contributed by atoms with E-state index in [1.807, 2.05) is 5.32 Å². The van der Waals surface area contributed by atoms with Gasteiger partial charge in [0.25, 0.3) is 5.91 Å². The lowest BCUT2D eigenvalue weighted by Gasteiger charge is -2.43. The number of methoxy groups -OCH3 is 1. The summed E-state index contributed by atoms with van der Waals surface area (Å²) in [5, 5.41) is 1.92. The summed E-state index contributed by atoms with van der Waals surface area (Å²) < 4.78 is 56.3. The number of alkyl halides is 4. The molecule has 0 radical (unpaired) electrons. The van der Waals surface area contributed by atoms with Crippen LogP contribution in [0.1, 0.15) is 11.6 Å². The SMILES string of the molecule is COc1ccc(C2NC(=O)C2(F)C(F)(F)F)cc1. The minimum absolute atomic E-state index is 0.0372. The van der Waals surface area contributed by atoms with Crippen molar-refractivity contribution in [2.24, 2.45) is 0 Å². The average Bonchev–Trinajstić information content (AvgIpc) is 2.33. The second-order valence-corrected chi connectivity index (χ2v) is 3.89. The highest BCUT2D eigenvalue weighted by Gasteiger charge is 2.73. The van der Waals surface area contributed by atoms with Crippen LogP contribution in [0.25, 0.3) is 0 Å². The number of hydrogen-bond acceptors (Lipinski definition) is 2. The second kappa shape index (κ2) is 3.86. The van der Waals surface area contributed by atoms with Gasteiger partial charge in [-0.15, -0.1) is 0 Å². The van der Waals surface area contributed by atoms with Gasteiger partial charge in [-0.2, -0.15) is 13.2 Å². The minimum Gasteiger partial charge on any atom is -0.497 e. The van der Waals surface area contributed by atoms with Gasteiger partial charge in [0.1, 0.15) is 11.8 Å². The fourth-order valence-electron chi connectivity index (χ4n) is 1.79. The Morgan fingerprint density at radius 3 is 2.22 bits per heavy atom. The highest BCUT2D eigenvalue weighted by molar-refractivity contribution is 5.94. The third-order valence-electron chi connectivity index (χ3n) is 2.87. The van der Waals surface area contributed by atoms with E-state index in [1.54, 1.807) is 0 Å². The maximum absolute atomic E-state index is 13.8. The van der Waals surface area contributed by atoms with Crippen molar-refractivity contribution in [3.8, 4) is 5.75 Å². The Morgan fingerprint density at radius 1 is 1.28 bits per heavy atom. The van der Waals surface area contributed by atoms with Crippen LogP contribution >= 0.6 is 0 Å². The first kappa shape index (κ1) is 12.7. The first-order chi connectivity index (χ1) is 8.30. The van der Waals surface area contributed by atoms with E-state index in [-0.39, 0.29) is 5.56 Å². The highest BCUT2D eigenvalue weighted by atomic mass is 19.4. The highest BCUT2D eigenvalue weighted by Crippen LogP contribution is 2.49. The molecule has 1 aromatic rings. The van der Waals surface area contributed by atoms with Crippen LogP contribution < -0.4 is 10.1 Å². The largest absolute Gasteiger partial charge is 0.497 e. The number of hydrogen-bond donors (Lipinski definition) is 1. The third-order valence-corrected chi connectivity index (χ3v) is 2.87. The molecule has 1 aliphatic heterocycles. The first-order valence-corrected chi connectivity index (χ1v) is 5.01. The lowest BCUT2D eigenvalue weighted by molar-refractivity contribution is -0.253. The molecule has 3 nitrogen and oxygen atoms in total. The fraction of sp³-hybridized carbons (Fsp3) is 0.364. The molecule has 0 saturated carbocycles. The van der Waals surface area contributed by atoms with Crippen molar-refractivity contribution >= 4 is 5.91 Å². The monoisotopic (exact) mass is 263 g/mol. The Balaban J connectivity index is 2.31. The summed E-state index contributed by atoms with van der Waals surface area (Å²) in [7, 11) is 1.40. The number of halogens is 4. The number of ether oxygens (including phenoxy) is 1. The Kier molecular flexibility index (Phi) is 2.71. The van der Waals surface area contributed by atoms with Crippen LogP contribution in [0.4, 0.5) is 17.6 Å².